The van der Waals surface area contributed by atoms with E-state index >= 15 is 0 Å². The molecule has 0 aliphatic carbocycles. The molecule has 0 bridgehead atoms. The van der Waals surface area contributed by atoms with Gasteiger partial charge in [-0.05, 0) is 24.5 Å². The van der Waals surface area contributed by atoms with Crippen LogP contribution in [-0.2, 0) is 14.9 Å². The van der Waals surface area contributed by atoms with Crippen molar-refractivity contribution in [2.24, 2.45) is 10.9 Å². The topological polar surface area (TPSA) is 76.0 Å². The standard InChI is InChI=1S/C13H17NO4S/c1-9(2)7-10-8-18-13(14-10)11-5-3-4-6-12(11)19(15,16)17/h3-6,9-10H,7-8H2,1-2H3,(H,15,16,17)/t10-/m0/s1. The fraction of sp³-hybridized carbons (Fsp3) is 0.462. The van der Waals surface area contributed by atoms with Crippen LogP contribution in [-0.4, -0.2) is 31.5 Å². The molecular formula is C13H17NO4S. The maximum atomic E-state index is 11.3. The van der Waals surface area contributed by atoms with Crippen molar-refractivity contribution in [3.05, 3.63) is 29.8 Å². The van der Waals surface area contributed by atoms with Crippen LogP contribution in [0.25, 0.3) is 0 Å². The van der Waals surface area contributed by atoms with E-state index < -0.39 is 10.1 Å². The van der Waals surface area contributed by atoms with Crippen molar-refractivity contribution in [2.45, 2.75) is 31.2 Å². The molecule has 0 aromatic heterocycles. The summed E-state index contributed by atoms with van der Waals surface area (Å²) in [4.78, 5) is 4.22. The molecule has 0 saturated heterocycles. The quantitative estimate of drug-likeness (QED) is 0.859. The summed E-state index contributed by atoms with van der Waals surface area (Å²) in [7, 11) is -4.27. The van der Waals surface area contributed by atoms with Crippen molar-refractivity contribution in [1.29, 1.82) is 0 Å². The Hall–Kier alpha value is -1.40. The van der Waals surface area contributed by atoms with Gasteiger partial charge >= 0.3 is 0 Å². The van der Waals surface area contributed by atoms with Crippen LogP contribution in [0.4, 0.5) is 0 Å². The van der Waals surface area contributed by atoms with E-state index in [2.05, 4.69) is 18.8 Å². The van der Waals surface area contributed by atoms with Crippen LogP contribution >= 0.6 is 0 Å². The molecule has 1 atom stereocenters. The molecule has 1 aromatic carbocycles. The van der Waals surface area contributed by atoms with E-state index in [1.54, 1.807) is 18.2 Å². The Bertz CT molecular complexity index is 592. The monoisotopic (exact) mass is 283 g/mol. The van der Waals surface area contributed by atoms with Crippen molar-refractivity contribution in [3.63, 3.8) is 0 Å². The van der Waals surface area contributed by atoms with Crippen molar-refractivity contribution in [1.82, 2.24) is 0 Å². The number of aliphatic imine (C=N–C) groups is 1. The zero-order chi connectivity index (χ0) is 14.0. The van der Waals surface area contributed by atoms with Crippen molar-refractivity contribution in [2.75, 3.05) is 6.61 Å². The van der Waals surface area contributed by atoms with Crippen molar-refractivity contribution in [3.8, 4) is 0 Å². The van der Waals surface area contributed by atoms with Gasteiger partial charge in [0.2, 0.25) is 5.90 Å². The zero-order valence-corrected chi connectivity index (χ0v) is 11.7. The largest absolute Gasteiger partial charge is 0.475 e. The molecule has 0 spiro atoms. The summed E-state index contributed by atoms with van der Waals surface area (Å²) in [6, 6.07) is 6.20. The minimum atomic E-state index is -4.27. The Morgan fingerprint density at radius 2 is 2.11 bits per heavy atom. The minimum Gasteiger partial charge on any atom is -0.475 e. The third kappa shape index (κ3) is 3.33. The number of rotatable bonds is 4. The normalized spacial score (nSPS) is 19.4. The lowest BCUT2D eigenvalue weighted by molar-refractivity contribution is 0.301. The van der Waals surface area contributed by atoms with Gasteiger partial charge in [0.05, 0.1) is 11.6 Å². The van der Waals surface area contributed by atoms with Gasteiger partial charge in [-0.15, -0.1) is 0 Å². The molecule has 0 saturated carbocycles. The van der Waals surface area contributed by atoms with Gasteiger partial charge in [-0.3, -0.25) is 4.55 Å². The fourth-order valence-corrected chi connectivity index (χ4v) is 2.78. The Balaban J connectivity index is 2.34. The summed E-state index contributed by atoms with van der Waals surface area (Å²) in [6.45, 7) is 4.65. The van der Waals surface area contributed by atoms with Gasteiger partial charge in [-0.1, -0.05) is 26.0 Å². The highest BCUT2D eigenvalue weighted by Gasteiger charge is 2.25. The van der Waals surface area contributed by atoms with Gasteiger partial charge in [0, 0.05) is 0 Å². The van der Waals surface area contributed by atoms with Crippen LogP contribution < -0.4 is 0 Å². The van der Waals surface area contributed by atoms with Gasteiger partial charge in [0.15, 0.2) is 0 Å². The minimum absolute atomic E-state index is 0.0458. The molecule has 104 valence electrons. The number of benzene rings is 1. The lowest BCUT2D eigenvalue weighted by atomic mass is 10.1. The fourth-order valence-electron chi connectivity index (χ4n) is 2.10. The third-order valence-electron chi connectivity index (χ3n) is 2.85. The number of nitrogens with zero attached hydrogens (tertiary/aromatic N) is 1. The van der Waals surface area contributed by atoms with Gasteiger partial charge in [0.1, 0.15) is 11.5 Å². The SMILES string of the molecule is CC(C)C[C@H]1COC(c2ccccc2S(=O)(=O)O)=N1. The summed E-state index contributed by atoms with van der Waals surface area (Å²) in [5.41, 5.74) is 0.316. The molecule has 1 N–H and O–H groups in total. The van der Waals surface area contributed by atoms with Crippen LogP contribution in [0.3, 0.4) is 0 Å². The highest BCUT2D eigenvalue weighted by atomic mass is 32.2. The maximum Gasteiger partial charge on any atom is 0.295 e. The summed E-state index contributed by atoms with van der Waals surface area (Å²) < 4.78 is 37.3. The van der Waals surface area contributed by atoms with Gasteiger partial charge in [0.25, 0.3) is 10.1 Å². The number of ether oxygens (including phenoxy) is 1. The van der Waals surface area contributed by atoms with E-state index in [0.717, 1.165) is 6.42 Å². The second kappa shape index (κ2) is 5.30. The molecule has 19 heavy (non-hydrogen) atoms. The predicted molar refractivity (Wildman–Crippen MR) is 72.0 cm³/mol. The molecule has 1 aliphatic rings. The molecular weight excluding hydrogens is 266 g/mol. The van der Waals surface area contributed by atoms with Crippen molar-refractivity contribution < 1.29 is 17.7 Å². The first-order valence-electron chi connectivity index (χ1n) is 6.15. The average molecular weight is 283 g/mol. The summed E-state index contributed by atoms with van der Waals surface area (Å²) in [5, 5.41) is 0. The highest BCUT2D eigenvalue weighted by Crippen LogP contribution is 2.22. The Labute approximate surface area is 113 Å². The molecule has 0 unspecified atom stereocenters. The van der Waals surface area contributed by atoms with E-state index in [-0.39, 0.29) is 10.9 Å². The number of hydrogen-bond acceptors (Lipinski definition) is 4. The Morgan fingerprint density at radius 1 is 1.42 bits per heavy atom. The predicted octanol–water partition coefficient (Wildman–Crippen LogP) is 2.12. The first-order chi connectivity index (χ1) is 8.88. The highest BCUT2D eigenvalue weighted by molar-refractivity contribution is 7.86. The maximum absolute atomic E-state index is 11.3. The molecule has 1 aliphatic heterocycles. The Morgan fingerprint density at radius 3 is 2.74 bits per heavy atom. The van der Waals surface area contributed by atoms with Crippen LogP contribution in [0.2, 0.25) is 0 Å². The summed E-state index contributed by atoms with van der Waals surface area (Å²) in [5.74, 6) is 0.785. The molecule has 0 amide bonds. The zero-order valence-electron chi connectivity index (χ0n) is 10.9. The molecule has 1 aromatic rings. The average Bonchev–Trinajstić information content (AvgIpc) is 2.75. The van der Waals surface area contributed by atoms with Crippen LogP contribution in [0.15, 0.2) is 34.2 Å². The first-order valence-corrected chi connectivity index (χ1v) is 7.59. The lowest BCUT2D eigenvalue weighted by Gasteiger charge is -2.06. The van der Waals surface area contributed by atoms with E-state index in [1.165, 1.54) is 6.07 Å². The molecule has 0 fully saturated rings. The third-order valence-corrected chi connectivity index (χ3v) is 3.76. The summed E-state index contributed by atoms with van der Waals surface area (Å²) >= 11 is 0. The van der Waals surface area contributed by atoms with Crippen LogP contribution in [0.5, 0.6) is 0 Å². The second-order valence-electron chi connectivity index (χ2n) is 5.00. The Kier molecular flexibility index (Phi) is 3.91. The van der Waals surface area contributed by atoms with Crippen LogP contribution in [0.1, 0.15) is 25.8 Å². The molecule has 5 nitrogen and oxygen atoms in total. The lowest BCUT2D eigenvalue weighted by Crippen LogP contribution is -2.10. The first kappa shape index (κ1) is 14.0. The molecule has 0 radical (unpaired) electrons. The van der Waals surface area contributed by atoms with Crippen LogP contribution in [0, 0.1) is 5.92 Å². The van der Waals surface area contributed by atoms with Gasteiger partial charge in [-0.25, -0.2) is 4.99 Å². The smallest absolute Gasteiger partial charge is 0.295 e. The summed E-state index contributed by atoms with van der Waals surface area (Å²) in [6.07, 6.45) is 0.886. The molecule has 1 heterocycles. The van der Waals surface area contributed by atoms with Gasteiger partial charge in [-0.2, -0.15) is 8.42 Å². The number of hydrogen-bond donors (Lipinski definition) is 1. The van der Waals surface area contributed by atoms with E-state index in [0.29, 0.717) is 24.0 Å². The van der Waals surface area contributed by atoms with E-state index in [9.17, 15) is 13.0 Å². The molecule has 6 heteroatoms. The second-order valence-corrected chi connectivity index (χ2v) is 6.39. The van der Waals surface area contributed by atoms with Crippen molar-refractivity contribution >= 4 is 16.0 Å². The van der Waals surface area contributed by atoms with E-state index in [1.807, 2.05) is 0 Å². The molecule has 2 rings (SSSR count). The van der Waals surface area contributed by atoms with E-state index in [4.69, 9.17) is 4.74 Å². The van der Waals surface area contributed by atoms with Gasteiger partial charge < -0.3 is 4.74 Å².